The van der Waals surface area contributed by atoms with Crippen LogP contribution in [0.15, 0.2) is 59.5 Å². The molecule has 1 aliphatic heterocycles. The molecule has 136 valence electrons. The molecule has 0 aliphatic carbocycles. The molecule has 0 bridgehead atoms. The van der Waals surface area contributed by atoms with Gasteiger partial charge in [-0.05, 0) is 24.5 Å². The summed E-state index contributed by atoms with van der Waals surface area (Å²) in [6, 6.07) is 14.7. The van der Waals surface area contributed by atoms with Crippen molar-refractivity contribution in [3.05, 3.63) is 70.6 Å². The standard InChI is InChI=1S/C21H24N2O3/c24-19(15-17-7-2-1-3-8-17)18-9-6-13-23(16-18)21(26)11-14-22-12-5-4-10-20(22)25/h1-5,7-8,10,12,18H,6,9,11,13-16H2. The molecule has 5 nitrogen and oxygen atoms in total. The van der Waals surface area contributed by atoms with E-state index in [4.69, 9.17) is 0 Å². The van der Waals surface area contributed by atoms with Gasteiger partial charge in [0.25, 0.3) is 5.56 Å². The van der Waals surface area contributed by atoms with Gasteiger partial charge < -0.3 is 9.47 Å². The average Bonchev–Trinajstić information content (AvgIpc) is 2.68. The normalized spacial score (nSPS) is 17.1. The summed E-state index contributed by atoms with van der Waals surface area (Å²) in [4.78, 5) is 38.6. The van der Waals surface area contributed by atoms with Crippen LogP contribution in [0.25, 0.3) is 0 Å². The molecule has 1 unspecified atom stereocenters. The molecule has 1 fully saturated rings. The number of carbonyl (C=O) groups is 2. The van der Waals surface area contributed by atoms with Crippen LogP contribution in [0.3, 0.4) is 0 Å². The highest BCUT2D eigenvalue weighted by Gasteiger charge is 2.28. The SMILES string of the molecule is O=C(Cc1ccccc1)C1CCCN(C(=O)CCn2ccccc2=O)C1. The van der Waals surface area contributed by atoms with E-state index >= 15 is 0 Å². The number of hydrogen-bond donors (Lipinski definition) is 0. The minimum absolute atomic E-state index is 0.0120. The van der Waals surface area contributed by atoms with Crippen molar-refractivity contribution in [1.29, 1.82) is 0 Å². The molecule has 2 heterocycles. The maximum absolute atomic E-state index is 12.6. The molecule has 1 aliphatic rings. The summed E-state index contributed by atoms with van der Waals surface area (Å²) >= 11 is 0. The van der Waals surface area contributed by atoms with Gasteiger partial charge >= 0.3 is 0 Å². The van der Waals surface area contributed by atoms with Gasteiger partial charge in [-0.3, -0.25) is 14.4 Å². The number of aryl methyl sites for hydroxylation is 1. The number of pyridine rings is 1. The van der Waals surface area contributed by atoms with Crippen molar-refractivity contribution in [2.24, 2.45) is 5.92 Å². The first-order valence-corrected chi connectivity index (χ1v) is 9.13. The Hall–Kier alpha value is -2.69. The second-order valence-electron chi connectivity index (χ2n) is 6.79. The zero-order valence-electron chi connectivity index (χ0n) is 14.8. The predicted molar refractivity (Wildman–Crippen MR) is 99.8 cm³/mol. The Labute approximate surface area is 153 Å². The maximum Gasteiger partial charge on any atom is 0.250 e. The fraction of sp³-hybridized carbons (Fsp3) is 0.381. The molecule has 1 aromatic carbocycles. The Kier molecular flexibility index (Phi) is 6.00. The first kappa shape index (κ1) is 18.1. The fourth-order valence-electron chi connectivity index (χ4n) is 3.43. The third-order valence-electron chi connectivity index (χ3n) is 4.92. The number of Topliss-reactive ketones (excluding diaryl/α,β-unsaturated/α-hetero) is 1. The molecule has 1 saturated heterocycles. The van der Waals surface area contributed by atoms with Crippen LogP contribution >= 0.6 is 0 Å². The van der Waals surface area contributed by atoms with Gasteiger partial charge in [-0.25, -0.2) is 0 Å². The summed E-state index contributed by atoms with van der Waals surface area (Å²) in [6.07, 6.45) is 4.09. The van der Waals surface area contributed by atoms with Crippen LogP contribution in [0, 0.1) is 5.92 Å². The van der Waals surface area contributed by atoms with E-state index in [2.05, 4.69) is 0 Å². The summed E-state index contributed by atoms with van der Waals surface area (Å²) in [6.45, 7) is 1.56. The molecule has 0 N–H and O–H groups in total. The number of benzene rings is 1. The lowest BCUT2D eigenvalue weighted by Crippen LogP contribution is -2.43. The monoisotopic (exact) mass is 352 g/mol. The van der Waals surface area contributed by atoms with Crippen LogP contribution in [0.2, 0.25) is 0 Å². The number of likely N-dealkylation sites (tertiary alicyclic amines) is 1. The molecule has 1 atom stereocenters. The van der Waals surface area contributed by atoms with Crippen molar-refractivity contribution in [2.75, 3.05) is 13.1 Å². The second kappa shape index (κ2) is 8.61. The Morgan fingerprint density at radius 1 is 1.04 bits per heavy atom. The van der Waals surface area contributed by atoms with Crippen LogP contribution < -0.4 is 5.56 Å². The van der Waals surface area contributed by atoms with Crippen molar-refractivity contribution in [3.63, 3.8) is 0 Å². The van der Waals surface area contributed by atoms with Gasteiger partial charge in [0.05, 0.1) is 0 Å². The van der Waals surface area contributed by atoms with Crippen LogP contribution in [0.5, 0.6) is 0 Å². The highest BCUT2D eigenvalue weighted by Crippen LogP contribution is 2.20. The molecule has 3 rings (SSSR count). The average molecular weight is 352 g/mol. The highest BCUT2D eigenvalue weighted by atomic mass is 16.2. The summed E-state index contributed by atoms with van der Waals surface area (Å²) in [7, 11) is 0. The van der Waals surface area contributed by atoms with E-state index in [-0.39, 0.29) is 29.6 Å². The molecule has 1 aromatic heterocycles. The summed E-state index contributed by atoms with van der Waals surface area (Å²) in [5.74, 6) is 0.123. The van der Waals surface area contributed by atoms with Crippen molar-refractivity contribution in [2.45, 2.75) is 32.2 Å². The van der Waals surface area contributed by atoms with Gasteiger partial charge in [0.1, 0.15) is 5.78 Å². The second-order valence-corrected chi connectivity index (χ2v) is 6.79. The quantitative estimate of drug-likeness (QED) is 0.801. The molecule has 1 amide bonds. The zero-order chi connectivity index (χ0) is 18.4. The van der Waals surface area contributed by atoms with Gasteiger partial charge in [-0.2, -0.15) is 0 Å². The van der Waals surface area contributed by atoms with Crippen molar-refractivity contribution in [1.82, 2.24) is 9.47 Å². The molecule has 26 heavy (non-hydrogen) atoms. The summed E-state index contributed by atoms with van der Waals surface area (Å²) in [5, 5.41) is 0. The number of ketones is 1. The number of nitrogens with zero attached hydrogens (tertiary/aromatic N) is 2. The van der Waals surface area contributed by atoms with E-state index in [1.807, 2.05) is 30.3 Å². The zero-order valence-corrected chi connectivity index (χ0v) is 14.8. The van der Waals surface area contributed by atoms with E-state index in [9.17, 15) is 14.4 Å². The lowest BCUT2D eigenvalue weighted by atomic mass is 9.90. The predicted octanol–water partition coefficient (Wildman–Crippen LogP) is 2.29. The molecule has 2 aromatic rings. The Morgan fingerprint density at radius 2 is 1.81 bits per heavy atom. The van der Waals surface area contributed by atoms with Gasteiger partial charge in [0, 0.05) is 50.7 Å². The number of hydrogen-bond acceptors (Lipinski definition) is 3. The first-order chi connectivity index (χ1) is 12.6. The van der Waals surface area contributed by atoms with Crippen LogP contribution in [-0.2, 0) is 22.6 Å². The molecule has 0 saturated carbocycles. The van der Waals surface area contributed by atoms with Gasteiger partial charge in [-0.15, -0.1) is 0 Å². The minimum Gasteiger partial charge on any atom is -0.342 e. The van der Waals surface area contributed by atoms with Gasteiger partial charge in [0.15, 0.2) is 0 Å². The van der Waals surface area contributed by atoms with E-state index in [0.29, 0.717) is 26.1 Å². The largest absolute Gasteiger partial charge is 0.342 e. The van der Waals surface area contributed by atoms with E-state index in [1.165, 1.54) is 6.07 Å². The molecule has 0 spiro atoms. The molecule has 0 radical (unpaired) electrons. The Morgan fingerprint density at radius 3 is 2.58 bits per heavy atom. The first-order valence-electron chi connectivity index (χ1n) is 9.13. The molecule has 5 heteroatoms. The Balaban J connectivity index is 1.54. The van der Waals surface area contributed by atoms with E-state index < -0.39 is 0 Å². The van der Waals surface area contributed by atoms with Crippen molar-refractivity contribution < 1.29 is 9.59 Å². The minimum atomic E-state index is -0.102. The molecular formula is C21H24N2O3. The fourth-order valence-corrected chi connectivity index (χ4v) is 3.43. The lowest BCUT2D eigenvalue weighted by molar-refractivity contribution is -0.135. The third kappa shape index (κ3) is 4.69. The smallest absolute Gasteiger partial charge is 0.250 e. The number of rotatable bonds is 6. The van der Waals surface area contributed by atoms with Gasteiger partial charge in [-0.1, -0.05) is 36.4 Å². The van der Waals surface area contributed by atoms with Crippen LogP contribution in [0.1, 0.15) is 24.8 Å². The summed E-state index contributed by atoms with van der Waals surface area (Å²) in [5.41, 5.74) is 0.916. The number of carbonyl (C=O) groups excluding carboxylic acids is 2. The maximum atomic E-state index is 12.6. The Bertz CT molecular complexity index is 813. The van der Waals surface area contributed by atoms with Gasteiger partial charge in [0.2, 0.25) is 5.91 Å². The van der Waals surface area contributed by atoms with Crippen LogP contribution in [0.4, 0.5) is 0 Å². The lowest BCUT2D eigenvalue weighted by Gasteiger charge is -2.32. The number of piperidine rings is 1. The van der Waals surface area contributed by atoms with Crippen molar-refractivity contribution >= 4 is 11.7 Å². The third-order valence-corrected chi connectivity index (χ3v) is 4.92. The number of amides is 1. The molecular weight excluding hydrogens is 328 g/mol. The highest BCUT2D eigenvalue weighted by molar-refractivity contribution is 5.84. The van der Waals surface area contributed by atoms with Crippen LogP contribution in [-0.4, -0.2) is 34.2 Å². The topological polar surface area (TPSA) is 59.4 Å². The summed E-state index contributed by atoms with van der Waals surface area (Å²) < 4.78 is 1.54. The van der Waals surface area contributed by atoms with E-state index in [0.717, 1.165) is 18.4 Å². The van der Waals surface area contributed by atoms with E-state index in [1.54, 1.807) is 27.8 Å². The van der Waals surface area contributed by atoms with Crippen molar-refractivity contribution in [3.8, 4) is 0 Å². The number of aromatic nitrogens is 1.